The number of aliphatic hydroxyl groups is 1. The van der Waals surface area contributed by atoms with Crippen molar-refractivity contribution in [2.24, 2.45) is 5.92 Å². The fourth-order valence-electron chi connectivity index (χ4n) is 1.76. The van der Waals surface area contributed by atoms with Crippen LogP contribution < -0.4 is 0 Å². The Balaban J connectivity index is 2.08. The average molecular weight is 356 g/mol. The smallest absolute Gasteiger partial charge is 0.0932 e. The first-order valence-electron chi connectivity index (χ1n) is 4.89. The molecular formula is C10H12Br2O2S. The van der Waals surface area contributed by atoms with E-state index in [1.165, 1.54) is 0 Å². The largest absolute Gasteiger partial charge is 0.387 e. The zero-order valence-corrected chi connectivity index (χ0v) is 12.1. The molecule has 0 spiro atoms. The van der Waals surface area contributed by atoms with E-state index < -0.39 is 6.10 Å². The second kappa shape index (κ2) is 5.27. The molecule has 1 aromatic rings. The van der Waals surface area contributed by atoms with Crippen LogP contribution in [0.3, 0.4) is 0 Å². The van der Waals surface area contributed by atoms with E-state index in [4.69, 9.17) is 4.74 Å². The van der Waals surface area contributed by atoms with Gasteiger partial charge in [0.2, 0.25) is 0 Å². The lowest BCUT2D eigenvalue weighted by Gasteiger charge is -2.25. The van der Waals surface area contributed by atoms with Crippen LogP contribution in [0, 0.1) is 5.92 Å². The van der Waals surface area contributed by atoms with E-state index in [9.17, 15) is 5.11 Å². The second-order valence-electron chi connectivity index (χ2n) is 3.69. The van der Waals surface area contributed by atoms with Crippen molar-refractivity contribution in [3.8, 4) is 0 Å². The molecule has 84 valence electrons. The summed E-state index contributed by atoms with van der Waals surface area (Å²) in [5.74, 6) is 0.246. The highest BCUT2D eigenvalue weighted by molar-refractivity contribution is 9.13. The molecule has 0 amide bonds. The van der Waals surface area contributed by atoms with Gasteiger partial charge in [0.1, 0.15) is 0 Å². The lowest BCUT2D eigenvalue weighted by atomic mass is 9.95. The van der Waals surface area contributed by atoms with Crippen molar-refractivity contribution in [1.82, 2.24) is 0 Å². The lowest BCUT2D eigenvalue weighted by Crippen LogP contribution is -2.23. The first-order valence-corrected chi connectivity index (χ1v) is 7.29. The van der Waals surface area contributed by atoms with E-state index in [1.807, 2.05) is 6.07 Å². The van der Waals surface area contributed by atoms with Gasteiger partial charge in [-0.05, 0) is 50.8 Å². The Bertz CT molecular complexity index is 315. The van der Waals surface area contributed by atoms with Gasteiger partial charge in [-0.3, -0.25) is 0 Å². The van der Waals surface area contributed by atoms with E-state index in [1.54, 1.807) is 11.3 Å². The van der Waals surface area contributed by atoms with Gasteiger partial charge >= 0.3 is 0 Å². The first kappa shape index (κ1) is 12.0. The number of aliphatic hydroxyl groups excluding tert-OH is 1. The minimum Gasteiger partial charge on any atom is -0.387 e. The second-order valence-corrected chi connectivity index (χ2v) is 6.95. The third-order valence-corrected chi connectivity index (χ3v) is 5.92. The van der Waals surface area contributed by atoms with Crippen molar-refractivity contribution in [2.45, 2.75) is 18.9 Å². The summed E-state index contributed by atoms with van der Waals surface area (Å²) in [7, 11) is 0. The van der Waals surface area contributed by atoms with Crippen molar-refractivity contribution in [2.75, 3.05) is 13.2 Å². The molecule has 1 aliphatic heterocycles. The zero-order valence-electron chi connectivity index (χ0n) is 8.08. The maximum Gasteiger partial charge on any atom is 0.0932 e. The van der Waals surface area contributed by atoms with Crippen LogP contribution in [-0.2, 0) is 4.74 Å². The number of ether oxygens (including phenoxy) is 1. The standard InChI is InChI=1S/C10H12Br2O2S/c11-7-4-8(15-10(7)12)9(13)6-2-1-3-14-5-6/h4,6,9,13H,1-3,5H2. The summed E-state index contributed by atoms with van der Waals surface area (Å²) >= 11 is 8.45. The molecular weight excluding hydrogens is 344 g/mol. The molecule has 0 aliphatic carbocycles. The van der Waals surface area contributed by atoms with Crippen LogP contribution >= 0.6 is 43.2 Å². The molecule has 0 aromatic carbocycles. The first-order chi connectivity index (χ1) is 7.18. The quantitative estimate of drug-likeness (QED) is 0.875. The monoisotopic (exact) mass is 354 g/mol. The molecule has 15 heavy (non-hydrogen) atoms. The molecule has 2 rings (SSSR count). The summed E-state index contributed by atoms with van der Waals surface area (Å²) in [6, 6.07) is 1.98. The summed E-state index contributed by atoms with van der Waals surface area (Å²) in [4.78, 5) is 1.00. The summed E-state index contributed by atoms with van der Waals surface area (Å²) in [6.07, 6.45) is 1.71. The fraction of sp³-hybridized carbons (Fsp3) is 0.600. The molecule has 0 radical (unpaired) electrons. The molecule has 0 bridgehead atoms. The third-order valence-electron chi connectivity index (χ3n) is 2.60. The Kier molecular flexibility index (Phi) is 4.24. The average Bonchev–Trinajstić information content (AvgIpc) is 2.59. The van der Waals surface area contributed by atoms with E-state index >= 15 is 0 Å². The van der Waals surface area contributed by atoms with Crippen LogP contribution in [0.15, 0.2) is 14.3 Å². The SMILES string of the molecule is OC(c1cc(Br)c(Br)s1)C1CCCOC1. The molecule has 1 N–H and O–H groups in total. The van der Waals surface area contributed by atoms with Crippen LogP contribution in [0.5, 0.6) is 0 Å². The van der Waals surface area contributed by atoms with Crippen LogP contribution in [0.1, 0.15) is 23.8 Å². The van der Waals surface area contributed by atoms with Crippen molar-refractivity contribution in [3.05, 3.63) is 19.2 Å². The maximum absolute atomic E-state index is 10.2. The molecule has 2 nitrogen and oxygen atoms in total. The summed E-state index contributed by atoms with van der Waals surface area (Å²) in [5.41, 5.74) is 0. The van der Waals surface area contributed by atoms with Crippen molar-refractivity contribution in [3.63, 3.8) is 0 Å². The minimum atomic E-state index is -0.391. The Morgan fingerprint density at radius 2 is 2.33 bits per heavy atom. The van der Waals surface area contributed by atoms with Gasteiger partial charge in [-0.1, -0.05) is 0 Å². The maximum atomic E-state index is 10.2. The Labute approximate surface area is 110 Å². The van der Waals surface area contributed by atoms with Gasteiger partial charge in [-0.25, -0.2) is 0 Å². The zero-order chi connectivity index (χ0) is 10.8. The topological polar surface area (TPSA) is 29.5 Å². The number of thiophene rings is 1. The van der Waals surface area contributed by atoms with Gasteiger partial charge in [0.25, 0.3) is 0 Å². The van der Waals surface area contributed by atoms with Crippen LogP contribution in [0.25, 0.3) is 0 Å². The summed E-state index contributed by atoms with van der Waals surface area (Å²) in [6.45, 7) is 1.51. The molecule has 5 heteroatoms. The highest BCUT2D eigenvalue weighted by Gasteiger charge is 2.25. The van der Waals surface area contributed by atoms with Crippen molar-refractivity contribution >= 4 is 43.2 Å². The van der Waals surface area contributed by atoms with Crippen LogP contribution in [-0.4, -0.2) is 18.3 Å². The summed E-state index contributed by atoms with van der Waals surface area (Å²) in [5, 5.41) is 10.2. The van der Waals surface area contributed by atoms with E-state index in [0.29, 0.717) is 6.61 Å². The van der Waals surface area contributed by atoms with Crippen molar-refractivity contribution in [1.29, 1.82) is 0 Å². The van der Waals surface area contributed by atoms with Gasteiger partial charge in [0.05, 0.1) is 16.5 Å². The normalized spacial score (nSPS) is 24.1. The van der Waals surface area contributed by atoms with Gasteiger partial charge in [-0.2, -0.15) is 0 Å². The molecule has 2 atom stereocenters. The molecule has 2 unspecified atom stereocenters. The number of halogens is 2. The number of hydrogen-bond donors (Lipinski definition) is 1. The molecule has 1 aliphatic rings. The Morgan fingerprint density at radius 1 is 1.53 bits per heavy atom. The molecule has 0 saturated carbocycles. The van der Waals surface area contributed by atoms with E-state index in [2.05, 4.69) is 31.9 Å². The lowest BCUT2D eigenvalue weighted by molar-refractivity contribution is -0.00864. The van der Waals surface area contributed by atoms with Gasteiger partial charge in [0, 0.05) is 21.9 Å². The van der Waals surface area contributed by atoms with Gasteiger partial charge < -0.3 is 9.84 Å². The highest BCUT2D eigenvalue weighted by atomic mass is 79.9. The van der Waals surface area contributed by atoms with E-state index in [0.717, 1.165) is 32.6 Å². The molecule has 1 aromatic heterocycles. The predicted molar refractivity (Wildman–Crippen MR) is 68.2 cm³/mol. The van der Waals surface area contributed by atoms with E-state index in [-0.39, 0.29) is 5.92 Å². The Morgan fingerprint density at radius 3 is 2.87 bits per heavy atom. The molecule has 1 saturated heterocycles. The number of rotatable bonds is 2. The van der Waals surface area contributed by atoms with Crippen molar-refractivity contribution < 1.29 is 9.84 Å². The summed E-state index contributed by atoms with van der Waals surface area (Å²) < 4.78 is 7.43. The predicted octanol–water partition coefficient (Wildman–Crippen LogP) is 3.73. The fourth-order valence-corrected chi connectivity index (χ4v) is 3.93. The minimum absolute atomic E-state index is 0.246. The van der Waals surface area contributed by atoms with Gasteiger partial charge in [-0.15, -0.1) is 11.3 Å². The number of hydrogen-bond acceptors (Lipinski definition) is 3. The molecule has 1 fully saturated rings. The Hall–Kier alpha value is 0.580. The third kappa shape index (κ3) is 2.82. The van der Waals surface area contributed by atoms with Crippen LogP contribution in [0.2, 0.25) is 0 Å². The van der Waals surface area contributed by atoms with Gasteiger partial charge in [0.15, 0.2) is 0 Å². The highest BCUT2D eigenvalue weighted by Crippen LogP contribution is 2.39. The van der Waals surface area contributed by atoms with Crippen LogP contribution in [0.4, 0.5) is 0 Å². The molecule has 2 heterocycles.